The molecule has 2 aromatic carbocycles. The highest BCUT2D eigenvalue weighted by Gasteiger charge is 2.12. The molecule has 3 N–H and O–H groups in total. The molecule has 6 heteroatoms. The molecule has 0 fully saturated rings. The Hall–Kier alpha value is -3.67. The molecule has 0 radical (unpaired) electrons. The number of nitrogens with one attached hydrogen (secondary N) is 3. The molecule has 2 aromatic heterocycles. The molecule has 4 rings (SSSR count). The summed E-state index contributed by atoms with van der Waals surface area (Å²) in [5.41, 5.74) is 7.30. The Kier molecular flexibility index (Phi) is 3.63. The Morgan fingerprint density at radius 3 is 2.36 bits per heavy atom. The molecule has 6 nitrogen and oxygen atoms in total. The van der Waals surface area contributed by atoms with Gasteiger partial charge in [-0.05, 0) is 24.3 Å². The number of H-pyrrole nitrogens is 1. The van der Waals surface area contributed by atoms with Crippen molar-refractivity contribution in [2.45, 2.75) is 0 Å². The van der Waals surface area contributed by atoms with Crippen LogP contribution in [-0.4, -0.2) is 21.8 Å². The molecule has 0 aliphatic heterocycles. The summed E-state index contributed by atoms with van der Waals surface area (Å²) in [6, 6.07) is 18.2. The second-order valence-corrected chi connectivity index (χ2v) is 5.56. The van der Waals surface area contributed by atoms with E-state index in [4.69, 9.17) is 0 Å². The molecule has 25 heavy (non-hydrogen) atoms. The van der Waals surface area contributed by atoms with Gasteiger partial charge in [-0.15, -0.1) is 0 Å². The third kappa shape index (κ3) is 2.81. The summed E-state index contributed by atoms with van der Waals surface area (Å²) in [4.78, 5) is 31.7. The molecule has 2 amide bonds. The maximum absolute atomic E-state index is 12.3. The van der Waals surface area contributed by atoms with Gasteiger partial charge < -0.3 is 4.98 Å². The fourth-order valence-electron chi connectivity index (χ4n) is 2.71. The van der Waals surface area contributed by atoms with Crippen molar-refractivity contribution in [3.63, 3.8) is 0 Å². The Bertz CT molecular complexity index is 1090. The number of hydrazine groups is 1. The molecular formula is C19H14N4O2. The van der Waals surface area contributed by atoms with Gasteiger partial charge in [0.05, 0.1) is 11.7 Å². The van der Waals surface area contributed by atoms with Gasteiger partial charge >= 0.3 is 0 Å². The Morgan fingerprint density at radius 1 is 0.800 bits per heavy atom. The fourth-order valence-corrected chi connectivity index (χ4v) is 2.71. The van der Waals surface area contributed by atoms with E-state index in [1.807, 2.05) is 30.3 Å². The lowest BCUT2D eigenvalue weighted by molar-refractivity contribution is 0.0844. The van der Waals surface area contributed by atoms with Crippen LogP contribution in [0.15, 0.2) is 66.9 Å². The smallest absolute Gasteiger partial charge is 0.288 e. The number of aromatic amines is 1. The first-order valence-corrected chi connectivity index (χ1v) is 7.74. The summed E-state index contributed by atoms with van der Waals surface area (Å²) in [6.07, 6.45) is 1.61. The number of hydrogen-bond donors (Lipinski definition) is 3. The van der Waals surface area contributed by atoms with Gasteiger partial charge in [-0.2, -0.15) is 0 Å². The van der Waals surface area contributed by atoms with Gasteiger partial charge in [0, 0.05) is 21.9 Å². The minimum Gasteiger partial charge on any atom is -0.353 e. The highest BCUT2D eigenvalue weighted by Crippen LogP contribution is 2.24. The topological polar surface area (TPSA) is 86.9 Å². The average molecular weight is 330 g/mol. The Labute approximate surface area is 142 Å². The number of carbonyl (C=O) groups is 2. The van der Waals surface area contributed by atoms with Gasteiger partial charge in [0.1, 0.15) is 5.69 Å². The summed E-state index contributed by atoms with van der Waals surface area (Å²) in [6.45, 7) is 0. The molecule has 0 saturated heterocycles. The number of pyridine rings is 1. The molecular weight excluding hydrogens is 316 g/mol. The lowest BCUT2D eigenvalue weighted by atomic mass is 10.1. The standard InChI is InChI=1S/C19H14N4O2/c24-18(12-6-2-1-3-7-12)22-23-19(25)16-10-14-13-8-4-5-9-15(13)21-17(14)11-20-16/h1-11,21H,(H,22,24)(H,23,25). The van der Waals surface area contributed by atoms with Crippen molar-refractivity contribution in [1.82, 2.24) is 20.8 Å². The van der Waals surface area contributed by atoms with E-state index in [0.29, 0.717) is 5.56 Å². The first-order valence-electron chi connectivity index (χ1n) is 7.74. The van der Waals surface area contributed by atoms with Gasteiger partial charge in [-0.25, -0.2) is 4.98 Å². The third-order valence-corrected chi connectivity index (χ3v) is 3.95. The average Bonchev–Trinajstić information content (AvgIpc) is 3.04. The molecule has 0 atom stereocenters. The van der Waals surface area contributed by atoms with Crippen LogP contribution in [0.1, 0.15) is 20.8 Å². The summed E-state index contributed by atoms with van der Waals surface area (Å²) < 4.78 is 0. The Morgan fingerprint density at radius 2 is 1.52 bits per heavy atom. The van der Waals surface area contributed by atoms with Crippen molar-refractivity contribution in [3.05, 3.63) is 78.1 Å². The second kappa shape index (κ2) is 6.09. The predicted molar refractivity (Wildman–Crippen MR) is 95.0 cm³/mol. The molecule has 122 valence electrons. The van der Waals surface area contributed by atoms with E-state index in [-0.39, 0.29) is 11.6 Å². The van der Waals surface area contributed by atoms with Gasteiger partial charge in [-0.1, -0.05) is 36.4 Å². The van der Waals surface area contributed by atoms with E-state index < -0.39 is 5.91 Å². The van der Waals surface area contributed by atoms with E-state index in [1.54, 1.807) is 36.5 Å². The summed E-state index contributed by atoms with van der Waals surface area (Å²) in [5.74, 6) is -0.862. The van der Waals surface area contributed by atoms with Crippen molar-refractivity contribution in [3.8, 4) is 0 Å². The highest BCUT2D eigenvalue weighted by atomic mass is 16.2. The molecule has 0 saturated carbocycles. The van der Waals surface area contributed by atoms with Crippen LogP contribution in [0, 0.1) is 0 Å². The Balaban J connectivity index is 1.56. The molecule has 0 spiro atoms. The molecule has 0 unspecified atom stereocenters. The van der Waals surface area contributed by atoms with Crippen molar-refractivity contribution in [1.29, 1.82) is 0 Å². The van der Waals surface area contributed by atoms with Gasteiger partial charge in [0.2, 0.25) is 0 Å². The van der Waals surface area contributed by atoms with E-state index >= 15 is 0 Å². The van der Waals surface area contributed by atoms with E-state index in [2.05, 4.69) is 20.8 Å². The molecule has 4 aromatic rings. The largest absolute Gasteiger partial charge is 0.353 e. The predicted octanol–water partition coefficient (Wildman–Crippen LogP) is 2.79. The van der Waals surface area contributed by atoms with Crippen LogP contribution in [0.2, 0.25) is 0 Å². The maximum atomic E-state index is 12.3. The number of amides is 2. The number of nitrogens with zero attached hydrogens (tertiary/aromatic N) is 1. The van der Waals surface area contributed by atoms with Gasteiger partial charge in [0.15, 0.2) is 0 Å². The molecule has 0 bridgehead atoms. The number of fused-ring (bicyclic) bond motifs is 3. The molecule has 0 aliphatic rings. The van der Waals surface area contributed by atoms with Gasteiger partial charge in [0.25, 0.3) is 11.8 Å². The van der Waals surface area contributed by atoms with Crippen LogP contribution < -0.4 is 10.9 Å². The van der Waals surface area contributed by atoms with Crippen LogP contribution >= 0.6 is 0 Å². The van der Waals surface area contributed by atoms with Crippen LogP contribution in [0.4, 0.5) is 0 Å². The number of carbonyl (C=O) groups excluding carboxylic acids is 2. The number of aromatic nitrogens is 2. The van der Waals surface area contributed by atoms with Crippen molar-refractivity contribution in [2.75, 3.05) is 0 Å². The number of hydrogen-bond acceptors (Lipinski definition) is 3. The zero-order valence-electron chi connectivity index (χ0n) is 13.1. The fraction of sp³-hybridized carbons (Fsp3) is 0. The number of rotatable bonds is 2. The van der Waals surface area contributed by atoms with Crippen molar-refractivity contribution < 1.29 is 9.59 Å². The molecule has 2 heterocycles. The summed E-state index contributed by atoms with van der Waals surface area (Å²) >= 11 is 0. The lowest BCUT2D eigenvalue weighted by Gasteiger charge is -2.07. The highest BCUT2D eigenvalue weighted by molar-refractivity contribution is 6.09. The van der Waals surface area contributed by atoms with E-state index in [9.17, 15) is 9.59 Å². The minimum atomic E-state index is -0.475. The number of benzene rings is 2. The van der Waals surface area contributed by atoms with Crippen LogP contribution in [0.25, 0.3) is 21.8 Å². The van der Waals surface area contributed by atoms with Gasteiger partial charge in [-0.3, -0.25) is 20.4 Å². The van der Waals surface area contributed by atoms with Crippen LogP contribution in [0.5, 0.6) is 0 Å². The van der Waals surface area contributed by atoms with Crippen LogP contribution in [-0.2, 0) is 0 Å². The van der Waals surface area contributed by atoms with Crippen molar-refractivity contribution in [2.24, 2.45) is 0 Å². The molecule has 0 aliphatic carbocycles. The maximum Gasteiger partial charge on any atom is 0.288 e. The summed E-state index contributed by atoms with van der Waals surface area (Å²) in [7, 11) is 0. The number of para-hydroxylation sites is 1. The zero-order valence-corrected chi connectivity index (χ0v) is 13.1. The first kappa shape index (κ1) is 14.9. The zero-order chi connectivity index (χ0) is 17.2. The monoisotopic (exact) mass is 330 g/mol. The third-order valence-electron chi connectivity index (χ3n) is 3.95. The second-order valence-electron chi connectivity index (χ2n) is 5.56. The van der Waals surface area contributed by atoms with E-state index in [0.717, 1.165) is 21.8 Å². The van der Waals surface area contributed by atoms with E-state index in [1.165, 1.54) is 0 Å². The quantitative estimate of drug-likeness (QED) is 0.494. The first-order chi connectivity index (χ1) is 12.2. The minimum absolute atomic E-state index is 0.227. The SMILES string of the molecule is O=C(NNC(=O)c1cc2c(cn1)[nH]c1ccccc12)c1ccccc1. The lowest BCUT2D eigenvalue weighted by Crippen LogP contribution is -2.41. The van der Waals surface area contributed by atoms with Crippen molar-refractivity contribution >= 4 is 33.6 Å². The summed E-state index contributed by atoms with van der Waals surface area (Å²) in [5, 5.41) is 1.92. The normalized spacial score (nSPS) is 10.7. The van der Waals surface area contributed by atoms with Crippen LogP contribution in [0.3, 0.4) is 0 Å².